The maximum absolute atomic E-state index is 13.0. The van der Waals surface area contributed by atoms with Gasteiger partial charge in [0.15, 0.2) is 0 Å². The van der Waals surface area contributed by atoms with Crippen molar-refractivity contribution in [3.05, 3.63) is 0 Å². The van der Waals surface area contributed by atoms with Crippen LogP contribution in [0.2, 0.25) is 0 Å². The Balaban J connectivity index is 2.03. The second-order valence-corrected chi connectivity index (χ2v) is 6.67. The zero-order valence-corrected chi connectivity index (χ0v) is 12.6. The summed E-state index contributed by atoms with van der Waals surface area (Å²) >= 11 is 0. The molecule has 4 heteroatoms. The van der Waals surface area contributed by atoms with Crippen molar-refractivity contribution in [1.82, 2.24) is 4.90 Å². The first-order valence-electron chi connectivity index (χ1n) is 8.32. The largest absolute Gasteiger partial charge is 0.396 e. The Hall–Kier alpha value is -0.610. The fourth-order valence-electron chi connectivity index (χ4n) is 3.91. The molecule has 0 radical (unpaired) electrons. The van der Waals surface area contributed by atoms with Crippen LogP contribution in [0.15, 0.2) is 0 Å². The van der Waals surface area contributed by atoms with Gasteiger partial charge in [-0.3, -0.25) is 4.79 Å². The number of amides is 1. The van der Waals surface area contributed by atoms with Gasteiger partial charge in [0.2, 0.25) is 5.91 Å². The Bertz CT molecular complexity index is 310. The van der Waals surface area contributed by atoms with Gasteiger partial charge in [-0.1, -0.05) is 25.7 Å². The predicted octanol–water partition coefficient (Wildman–Crippen LogP) is 1.91. The van der Waals surface area contributed by atoms with Gasteiger partial charge in [0.05, 0.1) is 5.41 Å². The van der Waals surface area contributed by atoms with E-state index in [9.17, 15) is 4.79 Å². The molecule has 3 N–H and O–H groups in total. The maximum Gasteiger partial charge on any atom is 0.230 e. The molecule has 1 saturated heterocycles. The van der Waals surface area contributed by atoms with Crippen molar-refractivity contribution in [2.24, 2.45) is 17.1 Å². The fourth-order valence-corrected chi connectivity index (χ4v) is 3.91. The van der Waals surface area contributed by atoms with Gasteiger partial charge in [0, 0.05) is 26.2 Å². The summed E-state index contributed by atoms with van der Waals surface area (Å²) in [5, 5.41) is 9.10. The molecule has 1 atom stereocenters. The summed E-state index contributed by atoms with van der Waals surface area (Å²) in [7, 11) is 0. The molecule has 0 bridgehead atoms. The minimum atomic E-state index is -0.294. The molecule has 0 spiro atoms. The summed E-state index contributed by atoms with van der Waals surface area (Å²) in [5.74, 6) is 0.767. The van der Waals surface area contributed by atoms with Crippen LogP contribution in [-0.4, -0.2) is 42.2 Å². The van der Waals surface area contributed by atoms with E-state index in [4.69, 9.17) is 10.8 Å². The van der Waals surface area contributed by atoms with Crippen molar-refractivity contribution >= 4 is 5.91 Å². The minimum absolute atomic E-state index is 0.231. The van der Waals surface area contributed by atoms with Crippen LogP contribution in [0.5, 0.6) is 0 Å². The maximum atomic E-state index is 13.0. The van der Waals surface area contributed by atoms with Crippen molar-refractivity contribution in [3.63, 3.8) is 0 Å². The van der Waals surface area contributed by atoms with Crippen LogP contribution in [-0.2, 0) is 4.79 Å². The molecule has 4 nitrogen and oxygen atoms in total. The number of nitrogens with zero attached hydrogens (tertiary/aromatic N) is 1. The van der Waals surface area contributed by atoms with E-state index in [1.165, 1.54) is 12.8 Å². The highest BCUT2D eigenvalue weighted by Gasteiger charge is 2.41. The summed E-state index contributed by atoms with van der Waals surface area (Å²) in [6, 6.07) is 0. The van der Waals surface area contributed by atoms with E-state index < -0.39 is 0 Å². The average Bonchev–Trinajstić information content (AvgIpc) is 2.73. The van der Waals surface area contributed by atoms with E-state index in [1.807, 2.05) is 4.90 Å². The average molecular weight is 282 g/mol. The highest BCUT2D eigenvalue weighted by molar-refractivity contribution is 5.83. The van der Waals surface area contributed by atoms with Crippen LogP contribution in [0.3, 0.4) is 0 Å². The third-order valence-electron chi connectivity index (χ3n) is 5.25. The van der Waals surface area contributed by atoms with Crippen LogP contribution >= 0.6 is 0 Å². The van der Waals surface area contributed by atoms with Crippen molar-refractivity contribution in [2.75, 3.05) is 26.2 Å². The zero-order valence-electron chi connectivity index (χ0n) is 12.6. The normalized spacial score (nSPS) is 27.1. The molecule has 0 aromatic heterocycles. The second kappa shape index (κ2) is 7.41. The van der Waals surface area contributed by atoms with Crippen molar-refractivity contribution in [1.29, 1.82) is 0 Å². The number of likely N-dealkylation sites (tertiary alicyclic amines) is 1. The smallest absolute Gasteiger partial charge is 0.230 e. The first kappa shape index (κ1) is 15.8. The molecule has 116 valence electrons. The number of carbonyl (C=O) groups excluding carboxylic acids is 1. The molecule has 0 aromatic carbocycles. The van der Waals surface area contributed by atoms with Gasteiger partial charge in [0.1, 0.15) is 0 Å². The van der Waals surface area contributed by atoms with Gasteiger partial charge in [-0.15, -0.1) is 0 Å². The van der Waals surface area contributed by atoms with Crippen LogP contribution in [0.4, 0.5) is 0 Å². The number of hydrogen-bond donors (Lipinski definition) is 2. The monoisotopic (exact) mass is 282 g/mol. The van der Waals surface area contributed by atoms with Crippen LogP contribution in [0, 0.1) is 11.3 Å². The summed E-state index contributed by atoms with van der Waals surface area (Å²) in [6.07, 6.45) is 9.70. The zero-order chi connectivity index (χ0) is 14.4. The van der Waals surface area contributed by atoms with Crippen LogP contribution in [0.25, 0.3) is 0 Å². The molecular weight excluding hydrogens is 252 g/mol. The number of nitrogens with two attached hydrogens (primary N) is 1. The lowest BCUT2D eigenvalue weighted by atomic mass is 9.78. The third-order valence-corrected chi connectivity index (χ3v) is 5.25. The van der Waals surface area contributed by atoms with Crippen molar-refractivity contribution < 1.29 is 9.90 Å². The Morgan fingerprint density at radius 3 is 2.50 bits per heavy atom. The highest BCUT2D eigenvalue weighted by atomic mass is 16.3. The van der Waals surface area contributed by atoms with Gasteiger partial charge >= 0.3 is 0 Å². The molecule has 20 heavy (non-hydrogen) atoms. The molecule has 2 rings (SSSR count). The summed E-state index contributed by atoms with van der Waals surface area (Å²) in [4.78, 5) is 15.0. The van der Waals surface area contributed by atoms with Gasteiger partial charge in [0.25, 0.3) is 0 Å². The molecule has 2 aliphatic rings. The van der Waals surface area contributed by atoms with Gasteiger partial charge in [-0.05, 0) is 38.0 Å². The van der Waals surface area contributed by atoms with Crippen molar-refractivity contribution in [3.8, 4) is 0 Å². The molecule has 1 amide bonds. The number of carbonyl (C=O) groups is 1. The topological polar surface area (TPSA) is 66.6 Å². The van der Waals surface area contributed by atoms with Gasteiger partial charge < -0.3 is 15.7 Å². The molecule has 1 aliphatic heterocycles. The summed E-state index contributed by atoms with van der Waals surface area (Å²) in [5.41, 5.74) is 5.73. The second-order valence-electron chi connectivity index (χ2n) is 6.67. The van der Waals surface area contributed by atoms with Crippen molar-refractivity contribution in [2.45, 2.75) is 57.8 Å². The van der Waals surface area contributed by atoms with Gasteiger partial charge in [-0.25, -0.2) is 0 Å². The lowest BCUT2D eigenvalue weighted by molar-refractivity contribution is -0.144. The number of aliphatic hydroxyl groups excluding tert-OH is 1. The van der Waals surface area contributed by atoms with E-state index in [0.29, 0.717) is 18.4 Å². The third kappa shape index (κ3) is 3.53. The van der Waals surface area contributed by atoms with Crippen LogP contribution in [0.1, 0.15) is 57.8 Å². The van der Waals surface area contributed by atoms with Gasteiger partial charge in [-0.2, -0.15) is 0 Å². The summed E-state index contributed by atoms with van der Waals surface area (Å²) < 4.78 is 0. The Morgan fingerprint density at radius 1 is 1.20 bits per heavy atom. The van der Waals surface area contributed by atoms with E-state index >= 15 is 0 Å². The molecule has 1 heterocycles. The van der Waals surface area contributed by atoms with E-state index in [1.54, 1.807) is 0 Å². The molecule has 1 aliphatic carbocycles. The number of hydrogen-bond acceptors (Lipinski definition) is 3. The highest BCUT2D eigenvalue weighted by Crippen LogP contribution is 2.37. The Kier molecular flexibility index (Phi) is 5.85. The fraction of sp³-hybridized carbons (Fsp3) is 0.938. The first-order valence-corrected chi connectivity index (χ1v) is 8.32. The molecule has 1 unspecified atom stereocenters. The number of aliphatic hydroxyl groups is 1. The quantitative estimate of drug-likeness (QED) is 0.774. The Morgan fingerprint density at radius 2 is 1.90 bits per heavy atom. The standard InChI is InChI=1S/C16H30N2O2/c17-13-16(8-3-1-2-4-9-16)15(20)18-10-5-6-14(12-18)7-11-19/h14,19H,1-13,17H2. The lowest BCUT2D eigenvalue weighted by Crippen LogP contribution is -2.51. The SMILES string of the molecule is NCC1(C(=O)N2CCCC(CCO)C2)CCCCCC1. The molecule has 1 saturated carbocycles. The van der Waals surface area contributed by atoms with Crippen LogP contribution < -0.4 is 5.73 Å². The van der Waals surface area contributed by atoms with E-state index in [-0.39, 0.29) is 12.0 Å². The predicted molar refractivity (Wildman–Crippen MR) is 80.2 cm³/mol. The molecule has 0 aromatic rings. The number of rotatable bonds is 4. The molecular formula is C16H30N2O2. The number of piperidine rings is 1. The van der Waals surface area contributed by atoms with E-state index in [0.717, 1.165) is 58.0 Å². The minimum Gasteiger partial charge on any atom is -0.396 e. The van der Waals surface area contributed by atoms with E-state index in [2.05, 4.69) is 0 Å². The lowest BCUT2D eigenvalue weighted by Gasteiger charge is -2.40. The summed E-state index contributed by atoms with van der Waals surface area (Å²) in [6.45, 7) is 2.42. The first-order chi connectivity index (χ1) is 9.72. The molecule has 2 fully saturated rings. The Labute approximate surface area is 122 Å².